The van der Waals surface area contributed by atoms with E-state index in [0.29, 0.717) is 6.42 Å². The Labute approximate surface area is 556 Å². The van der Waals surface area contributed by atoms with Crippen LogP contribution in [-0.4, -0.2) is 193 Å². The molecule has 3 fully saturated rings. The van der Waals surface area contributed by atoms with Crippen LogP contribution in [0.3, 0.4) is 0 Å². The smallest absolute Gasteiger partial charge is 0.220 e. The number of ether oxygens (including phenoxy) is 6. The van der Waals surface area contributed by atoms with Gasteiger partial charge in [-0.1, -0.05) is 302 Å². The zero-order valence-electron chi connectivity index (χ0n) is 57.8. The van der Waals surface area contributed by atoms with Crippen LogP contribution in [0.2, 0.25) is 0 Å². The third kappa shape index (κ3) is 36.4. The molecular weight excluding hydrogens is 1180 g/mol. The first-order chi connectivity index (χ1) is 44.8. The molecule has 17 unspecified atom stereocenters. The molecule has 17 atom stereocenters. The van der Waals surface area contributed by atoms with Gasteiger partial charge in [-0.2, -0.15) is 0 Å². The van der Waals surface area contributed by atoms with E-state index in [-0.39, 0.29) is 18.9 Å². The molecule has 92 heavy (non-hydrogen) atoms. The molecule has 19 nitrogen and oxygen atoms in total. The van der Waals surface area contributed by atoms with E-state index in [4.69, 9.17) is 28.4 Å². The monoisotopic (exact) mass is 1320 g/mol. The Morgan fingerprint density at radius 2 is 0.674 bits per heavy atom. The van der Waals surface area contributed by atoms with Gasteiger partial charge in [0.2, 0.25) is 5.91 Å². The lowest BCUT2D eigenvalue weighted by Crippen LogP contribution is -2.66. The number of aliphatic hydroxyl groups excluding tert-OH is 11. The SMILES string of the molecule is CCCCCCCCCCCCCCCCCCCCCCCCCCC/C=C/C(O)C(COC1OC(CO)C(OC2OC(CO)C(OC3OC(CO)C(O)C(O)C3O)C(O)C2O)C(O)C1O)NC(=O)CCCCCCCCCCCCCCCCCCCCCC. The minimum absolute atomic E-state index is 0.250. The molecule has 12 N–H and O–H groups in total. The first-order valence-corrected chi connectivity index (χ1v) is 37.9. The Morgan fingerprint density at radius 3 is 1.02 bits per heavy atom. The van der Waals surface area contributed by atoms with E-state index in [0.717, 1.165) is 44.9 Å². The van der Waals surface area contributed by atoms with Crippen LogP contribution in [0.15, 0.2) is 12.2 Å². The van der Waals surface area contributed by atoms with E-state index in [9.17, 15) is 61.0 Å². The molecule has 3 aliphatic heterocycles. The molecule has 19 heteroatoms. The highest BCUT2D eigenvalue weighted by molar-refractivity contribution is 5.76. The molecule has 3 heterocycles. The van der Waals surface area contributed by atoms with E-state index in [1.807, 2.05) is 6.08 Å². The third-order valence-electron chi connectivity index (χ3n) is 19.3. The third-order valence-corrected chi connectivity index (χ3v) is 19.3. The number of unbranched alkanes of at least 4 members (excludes halogenated alkanes) is 44. The van der Waals surface area contributed by atoms with Gasteiger partial charge in [0.15, 0.2) is 18.9 Å². The second-order valence-electron chi connectivity index (χ2n) is 27.5. The number of carbonyl (C=O) groups excluding carboxylic acids is 1. The average molecular weight is 1320 g/mol. The molecular formula is C73H139NO18. The zero-order chi connectivity index (χ0) is 66.8. The summed E-state index contributed by atoms with van der Waals surface area (Å²) >= 11 is 0. The van der Waals surface area contributed by atoms with Crippen molar-refractivity contribution < 1.29 is 89.4 Å². The van der Waals surface area contributed by atoms with Crippen molar-refractivity contribution in [3.05, 3.63) is 12.2 Å². The molecule has 0 aliphatic carbocycles. The van der Waals surface area contributed by atoms with Crippen molar-refractivity contribution in [2.45, 2.75) is 420 Å². The van der Waals surface area contributed by atoms with Gasteiger partial charge in [0.1, 0.15) is 73.2 Å². The zero-order valence-corrected chi connectivity index (χ0v) is 57.8. The number of carbonyl (C=O) groups is 1. The minimum Gasteiger partial charge on any atom is -0.394 e. The van der Waals surface area contributed by atoms with Crippen LogP contribution in [0.5, 0.6) is 0 Å². The Bertz CT molecular complexity index is 1720. The first-order valence-electron chi connectivity index (χ1n) is 37.9. The summed E-state index contributed by atoms with van der Waals surface area (Å²) in [5, 5.41) is 121. The number of nitrogens with one attached hydrogen (secondary N) is 1. The summed E-state index contributed by atoms with van der Waals surface area (Å²) in [7, 11) is 0. The van der Waals surface area contributed by atoms with Crippen LogP contribution >= 0.6 is 0 Å². The minimum atomic E-state index is -1.98. The van der Waals surface area contributed by atoms with Gasteiger partial charge in [-0.05, 0) is 19.3 Å². The first kappa shape index (κ1) is 84.8. The highest BCUT2D eigenvalue weighted by Gasteiger charge is 2.53. The van der Waals surface area contributed by atoms with Gasteiger partial charge < -0.3 is 89.9 Å². The molecule has 0 aromatic heterocycles. The van der Waals surface area contributed by atoms with Gasteiger partial charge in [-0.25, -0.2) is 0 Å². The van der Waals surface area contributed by atoms with Crippen molar-refractivity contribution in [1.82, 2.24) is 5.32 Å². The fourth-order valence-corrected chi connectivity index (χ4v) is 13.2. The van der Waals surface area contributed by atoms with Gasteiger partial charge in [0, 0.05) is 6.42 Å². The highest BCUT2D eigenvalue weighted by Crippen LogP contribution is 2.33. The summed E-state index contributed by atoms with van der Waals surface area (Å²) in [4.78, 5) is 13.4. The predicted octanol–water partition coefficient (Wildman–Crippen LogP) is 11.2. The number of allylic oxidation sites excluding steroid dienone is 1. The molecule has 0 radical (unpaired) electrons. The standard InChI is InChI=1S/C73H139NO18/c1-3-5-7-9-11-13-15-17-19-21-23-25-26-27-28-29-30-31-32-34-36-38-40-42-44-46-48-50-57(78)56(74-61(79)51-49-47-45-43-41-39-37-35-33-24-22-20-18-16-14-12-10-8-6-4-2)55-87-71-67(85)64(82)69(59(53-76)89-71)92-73-68(86)65(83)70(60(54-77)90-73)91-72-66(84)63(81)62(80)58(52-75)88-72/h48,50,56-60,62-73,75-78,80-86H,3-47,49,51-55H2,1-2H3,(H,74,79)/b50-48+. The molecule has 0 bridgehead atoms. The van der Waals surface area contributed by atoms with Crippen molar-refractivity contribution in [1.29, 1.82) is 0 Å². The van der Waals surface area contributed by atoms with Crippen molar-refractivity contribution in [3.8, 4) is 0 Å². The van der Waals surface area contributed by atoms with Gasteiger partial charge in [0.25, 0.3) is 0 Å². The lowest BCUT2D eigenvalue weighted by molar-refractivity contribution is -0.379. The van der Waals surface area contributed by atoms with E-state index < -0.39 is 124 Å². The Morgan fingerprint density at radius 1 is 0.380 bits per heavy atom. The summed E-state index contributed by atoms with van der Waals surface area (Å²) in [6.45, 7) is 1.79. The van der Waals surface area contributed by atoms with Crippen LogP contribution < -0.4 is 5.32 Å². The molecule has 544 valence electrons. The maximum atomic E-state index is 13.4. The lowest BCUT2D eigenvalue weighted by atomic mass is 9.96. The molecule has 3 saturated heterocycles. The van der Waals surface area contributed by atoms with E-state index >= 15 is 0 Å². The molecule has 0 spiro atoms. The van der Waals surface area contributed by atoms with E-state index in [1.165, 1.54) is 244 Å². The van der Waals surface area contributed by atoms with Crippen molar-refractivity contribution in [2.24, 2.45) is 0 Å². The van der Waals surface area contributed by atoms with Crippen molar-refractivity contribution in [2.75, 3.05) is 26.4 Å². The fourth-order valence-electron chi connectivity index (χ4n) is 13.2. The van der Waals surface area contributed by atoms with Crippen LogP contribution in [-0.2, 0) is 33.2 Å². The summed E-state index contributed by atoms with van der Waals surface area (Å²) in [5.74, 6) is -0.268. The van der Waals surface area contributed by atoms with Crippen LogP contribution in [0, 0.1) is 0 Å². The van der Waals surface area contributed by atoms with E-state index in [2.05, 4.69) is 19.2 Å². The van der Waals surface area contributed by atoms with Gasteiger partial charge >= 0.3 is 0 Å². The quantitative estimate of drug-likeness (QED) is 0.0199. The predicted molar refractivity (Wildman–Crippen MR) is 360 cm³/mol. The Balaban J connectivity index is 1.40. The Kier molecular flexibility index (Phi) is 51.0. The summed E-state index contributed by atoms with van der Waals surface area (Å²) < 4.78 is 34.4. The fraction of sp³-hybridized carbons (Fsp3) is 0.959. The average Bonchev–Trinajstić information content (AvgIpc) is 0.844. The second kappa shape index (κ2) is 55.4. The maximum absolute atomic E-state index is 13.4. The summed E-state index contributed by atoms with van der Waals surface area (Å²) in [6.07, 6.45) is 36.2. The molecule has 0 saturated carbocycles. The van der Waals surface area contributed by atoms with E-state index in [1.54, 1.807) is 6.08 Å². The molecule has 3 rings (SSSR count). The molecule has 0 aromatic carbocycles. The highest BCUT2D eigenvalue weighted by atomic mass is 16.8. The second-order valence-corrected chi connectivity index (χ2v) is 27.5. The number of hydrogen-bond donors (Lipinski definition) is 12. The number of rotatable bonds is 60. The van der Waals surface area contributed by atoms with Gasteiger partial charge in [-0.3, -0.25) is 4.79 Å². The number of aliphatic hydroxyl groups is 11. The van der Waals surface area contributed by atoms with Gasteiger partial charge in [0.05, 0.1) is 38.6 Å². The maximum Gasteiger partial charge on any atom is 0.220 e. The number of amides is 1. The Hall–Kier alpha value is -1.47. The topological polar surface area (TPSA) is 307 Å². The molecule has 0 aromatic rings. The molecule has 1 amide bonds. The van der Waals surface area contributed by atoms with Gasteiger partial charge in [-0.15, -0.1) is 0 Å². The van der Waals surface area contributed by atoms with Crippen molar-refractivity contribution in [3.63, 3.8) is 0 Å². The number of hydrogen-bond acceptors (Lipinski definition) is 18. The molecule has 3 aliphatic rings. The largest absolute Gasteiger partial charge is 0.394 e. The van der Waals surface area contributed by atoms with Crippen LogP contribution in [0.4, 0.5) is 0 Å². The lowest BCUT2D eigenvalue weighted by Gasteiger charge is -2.48. The van der Waals surface area contributed by atoms with Crippen LogP contribution in [0.1, 0.15) is 316 Å². The van der Waals surface area contributed by atoms with Crippen LogP contribution in [0.25, 0.3) is 0 Å². The normalized spacial score (nSPS) is 27.7. The summed E-state index contributed by atoms with van der Waals surface area (Å²) in [5.41, 5.74) is 0. The summed E-state index contributed by atoms with van der Waals surface area (Å²) in [6, 6.07) is -0.969. The van der Waals surface area contributed by atoms with Crippen molar-refractivity contribution >= 4 is 5.91 Å².